The number of hydrogen-bond acceptors (Lipinski definition) is 4. The number of carbonyl (C=O) groups excluding carboxylic acids is 1. The van der Waals surface area contributed by atoms with Crippen LogP contribution < -0.4 is 5.56 Å². The second kappa shape index (κ2) is 6.78. The SMILES string of the molecule is N#Cc1ccc(C(=O)N2C[C@H]3C[C@H](C2)c2ccc(-c4ccco4)c(=O)n2C3)cc1. The first kappa shape index (κ1) is 17.5. The standard InChI is InChI=1S/C23H19N3O3/c24-11-15-3-5-17(6-4-15)22(27)25-12-16-10-18(14-25)20-8-7-19(21-2-1-9-29-21)23(28)26(20)13-16/h1-9,16,18H,10,12-14H2/t16-,18-/m1/s1. The lowest BCUT2D eigenvalue weighted by molar-refractivity contribution is 0.0594. The Labute approximate surface area is 167 Å². The molecule has 0 unspecified atom stereocenters. The quantitative estimate of drug-likeness (QED) is 0.678. The highest BCUT2D eigenvalue weighted by atomic mass is 16.3. The molecule has 1 aromatic carbocycles. The maximum Gasteiger partial charge on any atom is 0.261 e. The van der Waals surface area contributed by atoms with Crippen LogP contribution in [0, 0.1) is 17.2 Å². The Bertz CT molecular complexity index is 1170. The fraction of sp³-hybridized carbons (Fsp3) is 0.261. The van der Waals surface area contributed by atoms with Gasteiger partial charge < -0.3 is 13.9 Å². The van der Waals surface area contributed by atoms with Crippen molar-refractivity contribution in [1.29, 1.82) is 5.26 Å². The number of fused-ring (bicyclic) bond motifs is 4. The van der Waals surface area contributed by atoms with Crippen molar-refractivity contribution >= 4 is 5.91 Å². The summed E-state index contributed by atoms with van der Waals surface area (Å²) in [7, 11) is 0. The van der Waals surface area contributed by atoms with Crippen LogP contribution in [0.1, 0.15) is 34.0 Å². The minimum Gasteiger partial charge on any atom is -0.464 e. The zero-order valence-electron chi connectivity index (χ0n) is 15.7. The molecule has 29 heavy (non-hydrogen) atoms. The number of likely N-dealkylation sites (tertiary alicyclic amines) is 1. The lowest BCUT2D eigenvalue weighted by atomic mass is 9.82. The number of pyridine rings is 1. The van der Waals surface area contributed by atoms with Gasteiger partial charge in [0.15, 0.2) is 0 Å². The third-order valence-electron chi connectivity index (χ3n) is 5.94. The van der Waals surface area contributed by atoms with Crippen LogP contribution in [0.3, 0.4) is 0 Å². The van der Waals surface area contributed by atoms with E-state index in [1.807, 2.05) is 21.6 Å². The van der Waals surface area contributed by atoms with Gasteiger partial charge in [-0.3, -0.25) is 9.59 Å². The van der Waals surface area contributed by atoms with Crippen LogP contribution >= 0.6 is 0 Å². The molecule has 144 valence electrons. The summed E-state index contributed by atoms with van der Waals surface area (Å²) in [6.45, 7) is 1.83. The average molecular weight is 385 g/mol. The molecule has 1 amide bonds. The molecule has 4 heterocycles. The number of carbonyl (C=O) groups is 1. The predicted octanol–water partition coefficient (Wildman–Crippen LogP) is 3.24. The van der Waals surface area contributed by atoms with E-state index in [2.05, 4.69) is 6.07 Å². The Morgan fingerprint density at radius 2 is 1.90 bits per heavy atom. The van der Waals surface area contributed by atoms with Gasteiger partial charge in [0.1, 0.15) is 5.76 Å². The van der Waals surface area contributed by atoms with E-state index in [0.29, 0.717) is 42.1 Å². The van der Waals surface area contributed by atoms with E-state index in [0.717, 1.165) is 12.1 Å². The van der Waals surface area contributed by atoms with E-state index in [9.17, 15) is 9.59 Å². The molecular weight excluding hydrogens is 366 g/mol. The summed E-state index contributed by atoms with van der Waals surface area (Å²) >= 11 is 0. The van der Waals surface area contributed by atoms with Crippen molar-refractivity contribution < 1.29 is 9.21 Å². The molecule has 1 fully saturated rings. The third-order valence-corrected chi connectivity index (χ3v) is 5.94. The highest BCUT2D eigenvalue weighted by Crippen LogP contribution is 2.36. The van der Waals surface area contributed by atoms with Gasteiger partial charge in [-0.2, -0.15) is 5.26 Å². The number of piperidine rings is 1. The number of nitrogens with zero attached hydrogens (tertiary/aromatic N) is 3. The molecule has 0 spiro atoms. The molecule has 2 bridgehead atoms. The van der Waals surface area contributed by atoms with Gasteiger partial charge in [0, 0.05) is 36.8 Å². The van der Waals surface area contributed by atoms with E-state index in [-0.39, 0.29) is 23.3 Å². The van der Waals surface area contributed by atoms with Gasteiger partial charge in [-0.25, -0.2) is 0 Å². The molecule has 0 aliphatic carbocycles. The highest BCUT2D eigenvalue weighted by Gasteiger charge is 2.37. The van der Waals surface area contributed by atoms with Crippen molar-refractivity contribution in [2.24, 2.45) is 5.92 Å². The number of amides is 1. The molecule has 2 aliphatic heterocycles. The molecule has 0 N–H and O–H groups in total. The Kier molecular flexibility index (Phi) is 4.09. The summed E-state index contributed by atoms with van der Waals surface area (Å²) < 4.78 is 7.27. The second-order valence-electron chi connectivity index (χ2n) is 7.76. The second-order valence-corrected chi connectivity index (χ2v) is 7.76. The molecule has 2 aromatic heterocycles. The first-order chi connectivity index (χ1) is 14.1. The molecule has 5 rings (SSSR count). The van der Waals surface area contributed by atoms with Crippen LogP contribution in [0.4, 0.5) is 0 Å². The molecule has 1 saturated heterocycles. The number of furan rings is 1. The molecule has 0 saturated carbocycles. The van der Waals surface area contributed by atoms with Crippen molar-refractivity contribution in [1.82, 2.24) is 9.47 Å². The number of nitriles is 1. The molecule has 0 radical (unpaired) electrons. The summed E-state index contributed by atoms with van der Waals surface area (Å²) in [6, 6.07) is 16.2. The molecule has 2 aliphatic rings. The van der Waals surface area contributed by atoms with Crippen molar-refractivity contribution in [3.8, 4) is 17.4 Å². The predicted molar refractivity (Wildman–Crippen MR) is 106 cm³/mol. The number of hydrogen-bond donors (Lipinski definition) is 0. The summed E-state index contributed by atoms with van der Waals surface area (Å²) in [4.78, 5) is 27.9. The lowest BCUT2D eigenvalue weighted by Crippen LogP contribution is -2.49. The van der Waals surface area contributed by atoms with Gasteiger partial charge in [-0.05, 0) is 60.9 Å². The fourth-order valence-corrected chi connectivity index (χ4v) is 4.60. The largest absolute Gasteiger partial charge is 0.464 e. The molecule has 6 heteroatoms. The van der Waals surface area contributed by atoms with E-state index in [4.69, 9.17) is 9.68 Å². The van der Waals surface area contributed by atoms with Crippen molar-refractivity contribution in [3.63, 3.8) is 0 Å². The smallest absolute Gasteiger partial charge is 0.261 e. The van der Waals surface area contributed by atoms with Gasteiger partial charge in [0.05, 0.1) is 23.5 Å². The summed E-state index contributed by atoms with van der Waals surface area (Å²) in [5.41, 5.74) is 2.66. The monoisotopic (exact) mass is 385 g/mol. The number of benzene rings is 1. The average Bonchev–Trinajstić information content (AvgIpc) is 3.28. The Morgan fingerprint density at radius 3 is 2.62 bits per heavy atom. The van der Waals surface area contributed by atoms with E-state index in [1.54, 1.807) is 42.7 Å². The van der Waals surface area contributed by atoms with E-state index < -0.39 is 0 Å². The van der Waals surface area contributed by atoms with Crippen molar-refractivity contribution in [2.45, 2.75) is 18.9 Å². The maximum atomic E-state index is 13.0. The minimum absolute atomic E-state index is 0.0211. The molecule has 2 atom stereocenters. The fourth-order valence-electron chi connectivity index (χ4n) is 4.60. The van der Waals surface area contributed by atoms with Gasteiger partial charge in [-0.15, -0.1) is 0 Å². The maximum absolute atomic E-state index is 13.0. The molecular formula is C23H19N3O3. The number of rotatable bonds is 2. The van der Waals surface area contributed by atoms with Gasteiger partial charge in [0.2, 0.25) is 0 Å². The van der Waals surface area contributed by atoms with Crippen LogP contribution in [-0.2, 0) is 6.54 Å². The Morgan fingerprint density at radius 1 is 1.07 bits per heavy atom. The van der Waals surface area contributed by atoms with Crippen LogP contribution in [0.25, 0.3) is 11.3 Å². The van der Waals surface area contributed by atoms with E-state index >= 15 is 0 Å². The topological polar surface area (TPSA) is 79.2 Å². The zero-order chi connectivity index (χ0) is 20.0. The van der Waals surface area contributed by atoms with Crippen LogP contribution in [0.2, 0.25) is 0 Å². The van der Waals surface area contributed by atoms with Gasteiger partial charge >= 0.3 is 0 Å². The lowest BCUT2D eigenvalue weighted by Gasteiger charge is -2.43. The summed E-state index contributed by atoms with van der Waals surface area (Å²) in [5.74, 6) is 0.946. The highest BCUT2D eigenvalue weighted by molar-refractivity contribution is 5.94. The van der Waals surface area contributed by atoms with Gasteiger partial charge in [0.25, 0.3) is 11.5 Å². The van der Waals surface area contributed by atoms with E-state index in [1.165, 1.54) is 0 Å². The van der Waals surface area contributed by atoms with Gasteiger partial charge in [-0.1, -0.05) is 0 Å². The zero-order valence-corrected chi connectivity index (χ0v) is 15.7. The molecule has 3 aromatic rings. The normalized spacial score (nSPS) is 20.0. The summed E-state index contributed by atoms with van der Waals surface area (Å²) in [6.07, 6.45) is 2.55. The summed E-state index contributed by atoms with van der Waals surface area (Å²) in [5, 5.41) is 8.94. The van der Waals surface area contributed by atoms with Crippen LogP contribution in [0.5, 0.6) is 0 Å². The van der Waals surface area contributed by atoms with Crippen molar-refractivity contribution in [3.05, 3.63) is 82.0 Å². The first-order valence-corrected chi connectivity index (χ1v) is 9.71. The Balaban J connectivity index is 1.44. The molecule has 6 nitrogen and oxygen atoms in total. The first-order valence-electron chi connectivity index (χ1n) is 9.71. The number of aromatic nitrogens is 1. The minimum atomic E-state index is -0.0287. The third kappa shape index (κ3) is 2.95. The van der Waals surface area contributed by atoms with Crippen LogP contribution in [-0.4, -0.2) is 28.5 Å². The van der Waals surface area contributed by atoms with Crippen molar-refractivity contribution in [2.75, 3.05) is 13.1 Å². The van der Waals surface area contributed by atoms with Crippen LogP contribution in [0.15, 0.2) is 64.0 Å². The Hall–Kier alpha value is -3.59.